The highest BCUT2D eigenvalue weighted by Crippen LogP contribution is 2.39. The highest BCUT2D eigenvalue weighted by Gasteiger charge is 2.38. The molecule has 0 bridgehead atoms. The van der Waals surface area contributed by atoms with Crippen molar-refractivity contribution < 1.29 is 14.3 Å². The van der Waals surface area contributed by atoms with E-state index in [0.29, 0.717) is 19.6 Å². The van der Waals surface area contributed by atoms with Gasteiger partial charge in [-0.05, 0) is 19.3 Å². The summed E-state index contributed by atoms with van der Waals surface area (Å²) in [5.74, 6) is -0.0197. The molecule has 1 aliphatic heterocycles. The van der Waals surface area contributed by atoms with E-state index in [1.807, 2.05) is 11.8 Å². The molecule has 5 heteroatoms. The van der Waals surface area contributed by atoms with E-state index in [1.165, 1.54) is 12.8 Å². The Morgan fingerprint density at radius 3 is 2.75 bits per heavy atom. The molecule has 5 nitrogen and oxygen atoms in total. The fourth-order valence-corrected chi connectivity index (χ4v) is 3.23. The van der Waals surface area contributed by atoms with Crippen molar-refractivity contribution in [3.8, 4) is 0 Å². The smallest absolute Gasteiger partial charge is 0.242 e. The molecule has 1 saturated carbocycles. The number of hydrogen-bond acceptors (Lipinski definition) is 3. The minimum atomic E-state index is -0.0394. The van der Waals surface area contributed by atoms with E-state index in [2.05, 4.69) is 5.32 Å². The molecule has 0 aromatic carbocycles. The van der Waals surface area contributed by atoms with Crippen LogP contribution in [-0.2, 0) is 14.3 Å². The zero-order chi connectivity index (χ0) is 14.4. The van der Waals surface area contributed by atoms with Crippen LogP contribution in [0.3, 0.4) is 0 Å². The van der Waals surface area contributed by atoms with Crippen molar-refractivity contribution >= 4 is 11.8 Å². The lowest BCUT2D eigenvalue weighted by molar-refractivity contribution is -0.133. The third-order valence-corrected chi connectivity index (χ3v) is 4.37. The van der Waals surface area contributed by atoms with Crippen LogP contribution in [0.15, 0.2) is 0 Å². The summed E-state index contributed by atoms with van der Waals surface area (Å²) in [6, 6.07) is 0. The van der Waals surface area contributed by atoms with Crippen molar-refractivity contribution in [2.75, 3.05) is 32.8 Å². The third kappa shape index (κ3) is 3.95. The van der Waals surface area contributed by atoms with Gasteiger partial charge in [0.05, 0.1) is 19.8 Å². The van der Waals surface area contributed by atoms with Crippen LogP contribution in [0, 0.1) is 5.41 Å². The fourth-order valence-electron chi connectivity index (χ4n) is 3.23. The monoisotopic (exact) mass is 282 g/mol. The Hall–Kier alpha value is -1.10. The fraction of sp³-hybridized carbons (Fsp3) is 0.867. The van der Waals surface area contributed by atoms with Crippen molar-refractivity contribution in [2.45, 2.75) is 45.4 Å². The molecule has 2 fully saturated rings. The topological polar surface area (TPSA) is 58.6 Å². The number of rotatable bonds is 4. The summed E-state index contributed by atoms with van der Waals surface area (Å²) in [6.45, 7) is 4.89. The molecule has 0 aromatic heterocycles. The standard InChI is InChI=1S/C15H26N2O3/c1-2-5-13(18)16-10-14(19)17-8-9-20-12-15(11-17)6-3-4-7-15/h2-12H2,1H3,(H,16,18). The molecule has 0 atom stereocenters. The van der Waals surface area contributed by atoms with Crippen molar-refractivity contribution in [1.29, 1.82) is 0 Å². The zero-order valence-electron chi connectivity index (χ0n) is 12.5. The first kappa shape index (κ1) is 15.3. The second-order valence-corrected chi connectivity index (χ2v) is 6.10. The number of amides is 2. The van der Waals surface area contributed by atoms with Crippen LogP contribution in [0.2, 0.25) is 0 Å². The van der Waals surface area contributed by atoms with Gasteiger partial charge in [-0.3, -0.25) is 9.59 Å². The van der Waals surface area contributed by atoms with Gasteiger partial charge in [-0.15, -0.1) is 0 Å². The van der Waals surface area contributed by atoms with Gasteiger partial charge < -0.3 is 15.0 Å². The zero-order valence-corrected chi connectivity index (χ0v) is 12.5. The normalized spacial score (nSPS) is 21.8. The summed E-state index contributed by atoms with van der Waals surface area (Å²) in [4.78, 5) is 25.6. The van der Waals surface area contributed by atoms with Crippen molar-refractivity contribution in [3.63, 3.8) is 0 Å². The predicted molar refractivity (Wildman–Crippen MR) is 76.2 cm³/mol. The van der Waals surface area contributed by atoms with E-state index >= 15 is 0 Å². The van der Waals surface area contributed by atoms with Crippen LogP contribution in [0.4, 0.5) is 0 Å². The van der Waals surface area contributed by atoms with E-state index in [0.717, 1.165) is 32.4 Å². The van der Waals surface area contributed by atoms with E-state index in [9.17, 15) is 9.59 Å². The van der Waals surface area contributed by atoms with Gasteiger partial charge >= 0.3 is 0 Å². The summed E-state index contributed by atoms with van der Waals surface area (Å²) < 4.78 is 5.70. The lowest BCUT2D eigenvalue weighted by Gasteiger charge is -2.31. The summed E-state index contributed by atoms with van der Waals surface area (Å²) in [7, 11) is 0. The first-order valence-electron chi connectivity index (χ1n) is 7.77. The maximum atomic E-state index is 12.3. The largest absolute Gasteiger partial charge is 0.379 e. The highest BCUT2D eigenvalue weighted by atomic mass is 16.5. The molecule has 1 saturated heterocycles. The first-order chi connectivity index (χ1) is 9.65. The van der Waals surface area contributed by atoms with E-state index < -0.39 is 0 Å². The van der Waals surface area contributed by atoms with Crippen LogP contribution in [0.1, 0.15) is 45.4 Å². The second-order valence-electron chi connectivity index (χ2n) is 6.10. The van der Waals surface area contributed by atoms with Gasteiger partial charge in [-0.1, -0.05) is 19.8 Å². The molecule has 20 heavy (non-hydrogen) atoms. The Morgan fingerprint density at radius 2 is 2.05 bits per heavy atom. The number of hydrogen-bond donors (Lipinski definition) is 1. The van der Waals surface area contributed by atoms with Crippen LogP contribution < -0.4 is 5.32 Å². The lowest BCUT2D eigenvalue weighted by atomic mass is 9.86. The van der Waals surface area contributed by atoms with Crippen molar-refractivity contribution in [3.05, 3.63) is 0 Å². The van der Waals surface area contributed by atoms with Crippen molar-refractivity contribution in [1.82, 2.24) is 10.2 Å². The van der Waals surface area contributed by atoms with Gasteiger partial charge in [-0.2, -0.15) is 0 Å². The molecule has 0 unspecified atom stereocenters. The molecule has 0 radical (unpaired) electrons. The summed E-state index contributed by atoms with van der Waals surface area (Å²) in [6.07, 6.45) is 6.07. The minimum Gasteiger partial charge on any atom is -0.379 e. The highest BCUT2D eigenvalue weighted by molar-refractivity contribution is 5.84. The molecule has 2 amide bonds. The van der Waals surface area contributed by atoms with Gasteiger partial charge in [0.15, 0.2) is 0 Å². The summed E-state index contributed by atoms with van der Waals surface area (Å²) in [5.41, 5.74) is 0.166. The lowest BCUT2D eigenvalue weighted by Crippen LogP contribution is -2.45. The molecule has 2 aliphatic rings. The van der Waals surface area contributed by atoms with Gasteiger partial charge in [0, 0.05) is 24.9 Å². The van der Waals surface area contributed by atoms with Crippen LogP contribution in [0.25, 0.3) is 0 Å². The Morgan fingerprint density at radius 1 is 1.30 bits per heavy atom. The quantitative estimate of drug-likeness (QED) is 0.846. The maximum absolute atomic E-state index is 12.3. The number of carbonyl (C=O) groups excluding carboxylic acids is 2. The summed E-state index contributed by atoms with van der Waals surface area (Å²) >= 11 is 0. The van der Waals surface area contributed by atoms with Crippen molar-refractivity contribution in [2.24, 2.45) is 5.41 Å². The van der Waals surface area contributed by atoms with E-state index in [1.54, 1.807) is 0 Å². The molecule has 2 rings (SSSR count). The maximum Gasteiger partial charge on any atom is 0.242 e. The molecule has 1 heterocycles. The Kier molecular flexibility index (Phi) is 5.40. The molecule has 114 valence electrons. The average Bonchev–Trinajstić information content (AvgIpc) is 2.77. The third-order valence-electron chi connectivity index (χ3n) is 4.37. The first-order valence-corrected chi connectivity index (χ1v) is 7.77. The van der Waals surface area contributed by atoms with Gasteiger partial charge in [0.25, 0.3) is 0 Å². The molecule has 1 aliphatic carbocycles. The Labute approximate surface area is 121 Å². The molecular weight excluding hydrogens is 256 g/mol. The molecular formula is C15H26N2O3. The number of nitrogens with one attached hydrogen (secondary N) is 1. The van der Waals surface area contributed by atoms with E-state index in [-0.39, 0.29) is 23.8 Å². The van der Waals surface area contributed by atoms with Gasteiger partial charge in [0.1, 0.15) is 0 Å². The predicted octanol–water partition coefficient (Wildman–Crippen LogP) is 1.32. The number of ether oxygens (including phenoxy) is 1. The molecule has 1 N–H and O–H groups in total. The number of nitrogens with zero attached hydrogens (tertiary/aromatic N) is 1. The SMILES string of the molecule is CCCC(=O)NCC(=O)N1CCOCC2(CCCC2)C1. The Bertz CT molecular complexity index is 351. The van der Waals surface area contributed by atoms with E-state index in [4.69, 9.17) is 4.74 Å². The second kappa shape index (κ2) is 7.07. The van der Waals surface area contributed by atoms with Crippen LogP contribution in [-0.4, -0.2) is 49.6 Å². The molecule has 1 spiro atoms. The average molecular weight is 282 g/mol. The van der Waals surface area contributed by atoms with Gasteiger partial charge in [-0.25, -0.2) is 0 Å². The van der Waals surface area contributed by atoms with Gasteiger partial charge in [0.2, 0.25) is 11.8 Å². The molecule has 0 aromatic rings. The minimum absolute atomic E-state index is 0.0197. The Balaban J connectivity index is 1.86. The number of carbonyl (C=O) groups is 2. The summed E-state index contributed by atoms with van der Waals surface area (Å²) in [5, 5.41) is 2.71. The van der Waals surface area contributed by atoms with Crippen LogP contribution >= 0.6 is 0 Å². The van der Waals surface area contributed by atoms with Crippen LogP contribution in [0.5, 0.6) is 0 Å².